The van der Waals surface area contributed by atoms with Gasteiger partial charge < -0.3 is 5.32 Å². The summed E-state index contributed by atoms with van der Waals surface area (Å²) in [5.41, 5.74) is 1.55. The van der Waals surface area contributed by atoms with Crippen molar-refractivity contribution in [2.24, 2.45) is 0 Å². The zero-order valence-electron chi connectivity index (χ0n) is 9.35. The first kappa shape index (κ1) is 12.2. The summed E-state index contributed by atoms with van der Waals surface area (Å²) in [4.78, 5) is 17.6. The van der Waals surface area contributed by atoms with E-state index in [1.54, 1.807) is 6.20 Å². The van der Waals surface area contributed by atoms with Gasteiger partial charge in [0.05, 0.1) is 11.1 Å². The third-order valence-electron chi connectivity index (χ3n) is 2.32. The molecule has 0 aliphatic heterocycles. The first-order valence-corrected chi connectivity index (χ1v) is 5.35. The van der Waals surface area contributed by atoms with Crippen molar-refractivity contribution in [2.45, 2.75) is 13.5 Å². The number of halogens is 1. The molecule has 2 aromatic rings. The fraction of sp³-hybridized carbons (Fsp3) is 0.222. The summed E-state index contributed by atoms with van der Waals surface area (Å²) in [6.45, 7) is 2.21. The van der Waals surface area contributed by atoms with Gasteiger partial charge in [-0.3, -0.25) is 15.2 Å². The van der Waals surface area contributed by atoms with E-state index in [0.717, 1.165) is 17.5 Å². The predicted octanol–water partition coefficient (Wildman–Crippen LogP) is 1.68. The quantitative estimate of drug-likeness (QED) is 0.496. The maximum Gasteiger partial charge on any atom is 0.329 e. The molecule has 9 heteroatoms. The average molecular weight is 269 g/mol. The van der Waals surface area contributed by atoms with Crippen LogP contribution in [0, 0.1) is 17.0 Å². The molecule has 0 saturated heterocycles. The van der Waals surface area contributed by atoms with Crippen molar-refractivity contribution >= 4 is 23.1 Å². The van der Waals surface area contributed by atoms with E-state index >= 15 is 0 Å². The number of rotatable bonds is 4. The van der Waals surface area contributed by atoms with Crippen molar-refractivity contribution in [3.05, 3.63) is 39.0 Å². The number of nitrogens with zero attached hydrogens (tertiary/aromatic N) is 4. The number of H-pyrrole nitrogens is 1. The van der Waals surface area contributed by atoms with E-state index in [1.165, 1.54) is 0 Å². The molecular formula is C9H9ClN6O2. The molecule has 18 heavy (non-hydrogen) atoms. The van der Waals surface area contributed by atoms with Gasteiger partial charge in [0.25, 0.3) is 0 Å². The van der Waals surface area contributed by atoms with Crippen LogP contribution in [-0.2, 0) is 6.54 Å². The van der Waals surface area contributed by atoms with Gasteiger partial charge in [-0.05, 0) is 18.5 Å². The molecule has 0 aliphatic carbocycles. The molecule has 0 radical (unpaired) electrons. The second kappa shape index (κ2) is 4.96. The molecule has 0 bridgehead atoms. The highest BCUT2D eigenvalue weighted by Crippen LogP contribution is 2.22. The second-order valence-corrected chi connectivity index (χ2v) is 3.84. The maximum atomic E-state index is 10.8. The molecule has 8 nitrogen and oxygen atoms in total. The third-order valence-corrected chi connectivity index (χ3v) is 2.50. The number of aromatic amines is 1. The molecule has 0 atom stereocenters. The van der Waals surface area contributed by atoms with Crippen LogP contribution in [0.25, 0.3) is 0 Å². The van der Waals surface area contributed by atoms with Crippen molar-refractivity contribution in [1.82, 2.24) is 20.2 Å². The van der Waals surface area contributed by atoms with E-state index in [2.05, 4.69) is 25.5 Å². The van der Waals surface area contributed by atoms with Crippen molar-refractivity contribution in [1.29, 1.82) is 0 Å². The van der Waals surface area contributed by atoms with Gasteiger partial charge in [-0.15, -0.1) is 0 Å². The Morgan fingerprint density at radius 1 is 1.56 bits per heavy atom. The standard InChI is InChI=1S/C9H9ClN6O2/c1-5-6(3-13-15-5)2-11-8-7(16(17)18)4-12-9(10)14-8/h3-4H,2H2,1H3,(H,13,15)(H,11,12,14). The van der Waals surface area contributed by atoms with Crippen LogP contribution in [0.1, 0.15) is 11.3 Å². The van der Waals surface area contributed by atoms with Crippen LogP contribution in [0.2, 0.25) is 5.28 Å². The molecule has 0 saturated carbocycles. The highest BCUT2D eigenvalue weighted by atomic mass is 35.5. The van der Waals surface area contributed by atoms with Crippen molar-refractivity contribution in [2.75, 3.05) is 5.32 Å². The Morgan fingerprint density at radius 2 is 2.33 bits per heavy atom. The monoisotopic (exact) mass is 268 g/mol. The second-order valence-electron chi connectivity index (χ2n) is 3.50. The Bertz CT molecular complexity index is 584. The number of hydrogen-bond acceptors (Lipinski definition) is 6. The molecule has 0 amide bonds. The van der Waals surface area contributed by atoms with Crippen LogP contribution in [0.3, 0.4) is 0 Å². The van der Waals surface area contributed by atoms with Gasteiger partial charge in [0, 0.05) is 17.8 Å². The van der Waals surface area contributed by atoms with Gasteiger partial charge in [-0.2, -0.15) is 10.1 Å². The third kappa shape index (κ3) is 2.54. The molecule has 2 N–H and O–H groups in total. The number of anilines is 1. The minimum atomic E-state index is -0.569. The number of aromatic nitrogens is 4. The van der Waals surface area contributed by atoms with E-state index in [4.69, 9.17) is 11.6 Å². The Kier molecular flexibility index (Phi) is 3.38. The lowest BCUT2D eigenvalue weighted by Gasteiger charge is -2.05. The maximum absolute atomic E-state index is 10.8. The van der Waals surface area contributed by atoms with E-state index in [1.807, 2.05) is 6.92 Å². The van der Waals surface area contributed by atoms with Gasteiger partial charge in [0.2, 0.25) is 11.1 Å². The summed E-state index contributed by atoms with van der Waals surface area (Å²) in [6, 6.07) is 0. The Morgan fingerprint density at radius 3 is 2.94 bits per heavy atom. The van der Waals surface area contributed by atoms with Gasteiger partial charge in [-0.1, -0.05) is 0 Å². The minimum Gasteiger partial charge on any atom is -0.360 e. The fourth-order valence-corrected chi connectivity index (χ4v) is 1.48. The number of hydrogen-bond donors (Lipinski definition) is 2. The van der Waals surface area contributed by atoms with Crippen molar-refractivity contribution < 1.29 is 4.92 Å². The first-order chi connectivity index (χ1) is 8.58. The Labute approximate surface area is 107 Å². The minimum absolute atomic E-state index is 0.0491. The highest BCUT2D eigenvalue weighted by Gasteiger charge is 2.16. The van der Waals surface area contributed by atoms with E-state index < -0.39 is 4.92 Å². The van der Waals surface area contributed by atoms with E-state index in [0.29, 0.717) is 6.54 Å². The molecule has 0 unspecified atom stereocenters. The van der Waals surface area contributed by atoms with Crippen molar-refractivity contribution in [3.8, 4) is 0 Å². The summed E-state index contributed by atoms with van der Waals surface area (Å²) >= 11 is 5.61. The molecule has 0 aromatic carbocycles. The predicted molar refractivity (Wildman–Crippen MR) is 64.3 cm³/mol. The molecule has 0 spiro atoms. The largest absolute Gasteiger partial charge is 0.360 e. The molecule has 0 fully saturated rings. The molecular weight excluding hydrogens is 260 g/mol. The highest BCUT2D eigenvalue weighted by molar-refractivity contribution is 6.28. The van der Waals surface area contributed by atoms with E-state index in [-0.39, 0.29) is 16.8 Å². The summed E-state index contributed by atoms with van der Waals surface area (Å²) in [5.74, 6) is 0.0839. The topological polar surface area (TPSA) is 110 Å². The zero-order chi connectivity index (χ0) is 13.1. The summed E-state index contributed by atoms with van der Waals surface area (Å²) in [7, 11) is 0. The summed E-state index contributed by atoms with van der Waals surface area (Å²) in [5, 5.41) is 20.2. The number of nitrogens with one attached hydrogen (secondary N) is 2. The first-order valence-electron chi connectivity index (χ1n) is 4.97. The summed E-state index contributed by atoms with van der Waals surface area (Å²) in [6.07, 6.45) is 2.71. The van der Waals surface area contributed by atoms with Crippen LogP contribution in [0.4, 0.5) is 11.5 Å². The number of aryl methyl sites for hydroxylation is 1. The molecule has 0 aliphatic rings. The Balaban J connectivity index is 2.20. The fourth-order valence-electron chi connectivity index (χ4n) is 1.35. The lowest BCUT2D eigenvalue weighted by molar-refractivity contribution is -0.384. The molecule has 2 heterocycles. The zero-order valence-corrected chi connectivity index (χ0v) is 10.1. The normalized spacial score (nSPS) is 10.3. The van der Waals surface area contributed by atoms with Crippen LogP contribution < -0.4 is 5.32 Å². The van der Waals surface area contributed by atoms with Gasteiger partial charge in [-0.25, -0.2) is 4.98 Å². The van der Waals surface area contributed by atoms with Gasteiger partial charge >= 0.3 is 5.69 Å². The molecule has 2 rings (SSSR count). The van der Waals surface area contributed by atoms with Crippen LogP contribution in [0.5, 0.6) is 0 Å². The molecule has 94 valence electrons. The molecule has 2 aromatic heterocycles. The number of nitro groups is 1. The van der Waals surface area contributed by atoms with Gasteiger partial charge in [0.1, 0.15) is 6.20 Å². The smallest absolute Gasteiger partial charge is 0.329 e. The lowest BCUT2D eigenvalue weighted by atomic mass is 10.2. The SMILES string of the molecule is Cc1[nH]ncc1CNc1nc(Cl)ncc1[N+](=O)[O-]. The Hall–Kier alpha value is -2.22. The van der Waals surface area contributed by atoms with Gasteiger partial charge in [0.15, 0.2) is 0 Å². The van der Waals surface area contributed by atoms with Crippen LogP contribution in [-0.4, -0.2) is 25.1 Å². The van der Waals surface area contributed by atoms with Crippen molar-refractivity contribution in [3.63, 3.8) is 0 Å². The van der Waals surface area contributed by atoms with Crippen LogP contribution >= 0.6 is 11.6 Å². The average Bonchev–Trinajstić information content (AvgIpc) is 2.72. The lowest BCUT2D eigenvalue weighted by Crippen LogP contribution is -2.06. The van der Waals surface area contributed by atoms with E-state index in [9.17, 15) is 10.1 Å². The summed E-state index contributed by atoms with van der Waals surface area (Å²) < 4.78 is 0. The van der Waals surface area contributed by atoms with Crippen LogP contribution in [0.15, 0.2) is 12.4 Å².